The number of thiazole rings is 1. The number of carboxylic acids is 1. The van der Waals surface area contributed by atoms with Crippen LogP contribution in [0.5, 0.6) is 0 Å². The van der Waals surface area contributed by atoms with E-state index in [4.69, 9.17) is 0 Å². The van der Waals surface area contributed by atoms with Crippen molar-refractivity contribution >= 4 is 39.1 Å². The Balaban J connectivity index is 1.57. The van der Waals surface area contributed by atoms with E-state index in [0.29, 0.717) is 18.0 Å². The summed E-state index contributed by atoms with van der Waals surface area (Å²) in [4.78, 5) is 28.6. The molecular weight excluding hydrogens is 360 g/mol. The van der Waals surface area contributed by atoms with Crippen LogP contribution in [0.15, 0.2) is 60.0 Å². The minimum absolute atomic E-state index is 0.287. The van der Waals surface area contributed by atoms with Gasteiger partial charge in [0.05, 0.1) is 17.5 Å². The van der Waals surface area contributed by atoms with Gasteiger partial charge in [0.15, 0.2) is 5.13 Å². The van der Waals surface area contributed by atoms with Crippen LogP contribution >= 0.6 is 11.3 Å². The molecule has 1 heterocycles. The van der Waals surface area contributed by atoms with Crippen LogP contribution in [0.4, 0.5) is 5.13 Å². The average molecular weight is 378 g/mol. The zero-order valence-corrected chi connectivity index (χ0v) is 15.3. The van der Waals surface area contributed by atoms with Crippen molar-refractivity contribution in [2.24, 2.45) is 11.8 Å². The summed E-state index contributed by atoms with van der Waals surface area (Å²) in [7, 11) is 0. The fourth-order valence-corrected chi connectivity index (χ4v) is 4.19. The fourth-order valence-electron chi connectivity index (χ4n) is 3.48. The summed E-state index contributed by atoms with van der Waals surface area (Å²) in [6.07, 6.45) is 4.51. The summed E-state index contributed by atoms with van der Waals surface area (Å²) in [6.45, 7) is 0. The molecule has 136 valence electrons. The molecule has 2 N–H and O–H groups in total. The number of carbonyl (C=O) groups excluding carboxylic acids is 1. The number of rotatable bonds is 4. The molecule has 2 aromatic carbocycles. The maximum absolute atomic E-state index is 12.6. The standard InChI is InChI=1S/C21H18N2O3S/c24-19(16-9-3-4-10-17(16)20(25)26)23-21-22-18(12-27-21)15-11-5-7-13-6-1-2-8-14(13)15/h1-8,11-12,16-17H,9-10H2,(H,25,26)(H,22,23,24). The van der Waals surface area contributed by atoms with E-state index in [1.165, 1.54) is 11.3 Å². The van der Waals surface area contributed by atoms with E-state index >= 15 is 0 Å². The molecule has 3 aromatic rings. The predicted molar refractivity (Wildman–Crippen MR) is 107 cm³/mol. The summed E-state index contributed by atoms with van der Waals surface area (Å²) in [5.41, 5.74) is 1.80. The first-order valence-corrected chi connectivity index (χ1v) is 9.64. The molecule has 2 atom stereocenters. The van der Waals surface area contributed by atoms with Crippen LogP contribution in [-0.2, 0) is 9.59 Å². The molecular formula is C21H18N2O3S. The summed E-state index contributed by atoms with van der Waals surface area (Å²) in [6, 6.07) is 14.1. The Morgan fingerprint density at radius 3 is 2.59 bits per heavy atom. The fraction of sp³-hybridized carbons (Fsp3) is 0.190. The lowest BCUT2D eigenvalue weighted by Gasteiger charge is -2.23. The number of carbonyl (C=O) groups is 2. The molecule has 0 radical (unpaired) electrons. The van der Waals surface area contributed by atoms with Gasteiger partial charge in [0, 0.05) is 10.9 Å². The minimum Gasteiger partial charge on any atom is -0.481 e. The highest BCUT2D eigenvalue weighted by Crippen LogP contribution is 2.32. The molecule has 0 spiro atoms. The van der Waals surface area contributed by atoms with Crippen LogP contribution in [0.3, 0.4) is 0 Å². The lowest BCUT2D eigenvalue weighted by molar-refractivity contribution is -0.146. The van der Waals surface area contributed by atoms with Crippen molar-refractivity contribution in [3.63, 3.8) is 0 Å². The number of fused-ring (bicyclic) bond motifs is 1. The quantitative estimate of drug-likeness (QED) is 0.652. The van der Waals surface area contributed by atoms with Crippen LogP contribution in [0, 0.1) is 11.8 Å². The molecule has 1 aromatic heterocycles. The van der Waals surface area contributed by atoms with Crippen LogP contribution < -0.4 is 5.32 Å². The van der Waals surface area contributed by atoms with Gasteiger partial charge in [-0.2, -0.15) is 0 Å². The Morgan fingerprint density at radius 1 is 1.04 bits per heavy atom. The van der Waals surface area contributed by atoms with Gasteiger partial charge in [-0.15, -0.1) is 11.3 Å². The molecule has 0 saturated carbocycles. The van der Waals surface area contributed by atoms with Gasteiger partial charge >= 0.3 is 5.97 Å². The number of aliphatic carboxylic acids is 1. The summed E-state index contributed by atoms with van der Waals surface area (Å²) in [5, 5.41) is 16.8. The number of hydrogen-bond donors (Lipinski definition) is 2. The smallest absolute Gasteiger partial charge is 0.307 e. The highest BCUT2D eigenvalue weighted by Gasteiger charge is 2.34. The van der Waals surface area contributed by atoms with E-state index < -0.39 is 17.8 Å². The normalized spacial score (nSPS) is 19.1. The van der Waals surface area contributed by atoms with Crippen molar-refractivity contribution in [2.45, 2.75) is 12.8 Å². The summed E-state index contributed by atoms with van der Waals surface area (Å²) < 4.78 is 0. The molecule has 0 fully saturated rings. The van der Waals surface area contributed by atoms with E-state index in [-0.39, 0.29) is 5.91 Å². The Morgan fingerprint density at radius 2 is 1.78 bits per heavy atom. The maximum atomic E-state index is 12.6. The second-order valence-electron chi connectivity index (χ2n) is 6.55. The molecule has 4 rings (SSSR count). The van der Waals surface area contributed by atoms with Gasteiger partial charge in [0.1, 0.15) is 0 Å². The third-order valence-electron chi connectivity index (χ3n) is 4.89. The molecule has 6 heteroatoms. The molecule has 0 bridgehead atoms. The Bertz CT molecular complexity index is 1040. The van der Waals surface area contributed by atoms with Crippen LogP contribution in [-0.4, -0.2) is 22.0 Å². The number of carboxylic acid groups (broad SMARTS) is 1. The van der Waals surface area contributed by atoms with Crippen molar-refractivity contribution in [3.8, 4) is 11.3 Å². The van der Waals surface area contributed by atoms with Crippen molar-refractivity contribution in [2.75, 3.05) is 5.32 Å². The van der Waals surface area contributed by atoms with Gasteiger partial charge in [-0.1, -0.05) is 54.6 Å². The van der Waals surface area contributed by atoms with E-state index in [2.05, 4.69) is 22.4 Å². The average Bonchev–Trinajstić information content (AvgIpc) is 3.15. The zero-order chi connectivity index (χ0) is 18.8. The first kappa shape index (κ1) is 17.4. The van der Waals surface area contributed by atoms with E-state index in [9.17, 15) is 14.7 Å². The Kier molecular flexibility index (Phi) is 4.73. The largest absolute Gasteiger partial charge is 0.481 e. The second kappa shape index (κ2) is 7.32. The molecule has 1 aliphatic rings. The third kappa shape index (κ3) is 3.48. The number of allylic oxidation sites excluding steroid dienone is 2. The van der Waals surface area contributed by atoms with Gasteiger partial charge in [-0.05, 0) is 23.6 Å². The van der Waals surface area contributed by atoms with Crippen molar-refractivity contribution in [1.29, 1.82) is 0 Å². The molecule has 27 heavy (non-hydrogen) atoms. The van der Waals surface area contributed by atoms with Gasteiger partial charge < -0.3 is 10.4 Å². The molecule has 2 unspecified atom stereocenters. The molecule has 5 nitrogen and oxygen atoms in total. The number of nitrogens with one attached hydrogen (secondary N) is 1. The maximum Gasteiger partial charge on any atom is 0.307 e. The SMILES string of the molecule is O=C(O)C1CC=CCC1C(=O)Nc1nc(-c2cccc3ccccc23)cs1. The zero-order valence-electron chi connectivity index (χ0n) is 14.5. The number of benzene rings is 2. The number of amides is 1. The third-order valence-corrected chi connectivity index (χ3v) is 5.64. The lowest BCUT2D eigenvalue weighted by Crippen LogP contribution is -2.34. The van der Waals surface area contributed by atoms with Crippen molar-refractivity contribution in [3.05, 3.63) is 60.0 Å². The van der Waals surface area contributed by atoms with Crippen molar-refractivity contribution in [1.82, 2.24) is 4.98 Å². The highest BCUT2D eigenvalue weighted by atomic mass is 32.1. The van der Waals surface area contributed by atoms with Gasteiger partial charge in [0.2, 0.25) is 5.91 Å². The monoisotopic (exact) mass is 378 g/mol. The van der Waals surface area contributed by atoms with Gasteiger partial charge in [0.25, 0.3) is 0 Å². The number of anilines is 1. The van der Waals surface area contributed by atoms with Crippen molar-refractivity contribution < 1.29 is 14.7 Å². The summed E-state index contributed by atoms with van der Waals surface area (Å²) in [5.74, 6) is -2.48. The number of aromatic nitrogens is 1. The molecule has 1 aliphatic carbocycles. The lowest BCUT2D eigenvalue weighted by atomic mass is 9.82. The van der Waals surface area contributed by atoms with E-state index in [1.807, 2.05) is 47.9 Å². The minimum atomic E-state index is -0.935. The summed E-state index contributed by atoms with van der Waals surface area (Å²) >= 11 is 1.35. The second-order valence-corrected chi connectivity index (χ2v) is 7.41. The van der Waals surface area contributed by atoms with Crippen LogP contribution in [0.1, 0.15) is 12.8 Å². The topological polar surface area (TPSA) is 79.3 Å². The van der Waals surface area contributed by atoms with Gasteiger partial charge in [-0.25, -0.2) is 4.98 Å². The van der Waals surface area contributed by atoms with E-state index in [1.54, 1.807) is 0 Å². The Labute approximate surface area is 160 Å². The van der Waals surface area contributed by atoms with E-state index in [0.717, 1.165) is 22.0 Å². The van der Waals surface area contributed by atoms with Crippen LogP contribution in [0.2, 0.25) is 0 Å². The Hall–Kier alpha value is -2.99. The van der Waals surface area contributed by atoms with Crippen LogP contribution in [0.25, 0.3) is 22.0 Å². The predicted octanol–water partition coefficient (Wildman–Crippen LogP) is 4.57. The first-order chi connectivity index (χ1) is 13.1. The molecule has 1 amide bonds. The van der Waals surface area contributed by atoms with Gasteiger partial charge in [-0.3, -0.25) is 9.59 Å². The number of hydrogen-bond acceptors (Lipinski definition) is 4. The molecule has 0 aliphatic heterocycles. The molecule has 0 saturated heterocycles. The number of nitrogens with zero attached hydrogens (tertiary/aromatic N) is 1. The first-order valence-electron chi connectivity index (χ1n) is 8.76. The highest BCUT2D eigenvalue weighted by molar-refractivity contribution is 7.14.